The van der Waals surface area contributed by atoms with Crippen molar-refractivity contribution >= 4 is 6.03 Å². The standard InChI is InChI=1S/C10H20N2O3/c1-8(2)7-15-5-4-11-10(14)12-6-9(3)13/h9,13H,1,4-7H2,2-3H3,(H2,11,12,14)/t9-/m1/s1. The van der Waals surface area contributed by atoms with Crippen LogP contribution in [0.2, 0.25) is 0 Å². The highest BCUT2D eigenvalue weighted by atomic mass is 16.5. The molecule has 0 aromatic rings. The molecule has 0 saturated heterocycles. The predicted octanol–water partition coefficient (Wildman–Crippen LogP) is 0.259. The summed E-state index contributed by atoms with van der Waals surface area (Å²) in [4.78, 5) is 11.0. The highest BCUT2D eigenvalue weighted by Crippen LogP contribution is 1.86. The third kappa shape index (κ3) is 10.9. The molecule has 0 radical (unpaired) electrons. The molecule has 0 heterocycles. The summed E-state index contributed by atoms with van der Waals surface area (Å²) in [6.07, 6.45) is -0.532. The van der Waals surface area contributed by atoms with Gasteiger partial charge in [0.15, 0.2) is 0 Å². The Morgan fingerprint density at radius 1 is 1.53 bits per heavy atom. The Bertz CT molecular complexity index is 205. The second-order valence-electron chi connectivity index (χ2n) is 3.50. The van der Waals surface area contributed by atoms with E-state index in [9.17, 15) is 4.79 Å². The molecule has 0 spiro atoms. The lowest BCUT2D eigenvalue weighted by Gasteiger charge is -2.09. The van der Waals surface area contributed by atoms with Crippen molar-refractivity contribution in [3.63, 3.8) is 0 Å². The predicted molar refractivity (Wildman–Crippen MR) is 58.7 cm³/mol. The Morgan fingerprint density at radius 3 is 2.73 bits per heavy atom. The quantitative estimate of drug-likeness (QED) is 0.422. The van der Waals surface area contributed by atoms with Gasteiger partial charge < -0.3 is 20.5 Å². The first-order chi connectivity index (χ1) is 7.02. The number of urea groups is 1. The molecule has 0 saturated carbocycles. The van der Waals surface area contributed by atoms with Crippen molar-refractivity contribution in [1.82, 2.24) is 10.6 Å². The summed E-state index contributed by atoms with van der Waals surface area (Å²) in [6, 6.07) is -0.296. The monoisotopic (exact) mass is 216 g/mol. The largest absolute Gasteiger partial charge is 0.392 e. The van der Waals surface area contributed by atoms with Crippen molar-refractivity contribution in [2.75, 3.05) is 26.3 Å². The molecule has 0 aliphatic carbocycles. The van der Waals surface area contributed by atoms with E-state index in [1.165, 1.54) is 0 Å². The van der Waals surface area contributed by atoms with E-state index < -0.39 is 6.10 Å². The van der Waals surface area contributed by atoms with Crippen LogP contribution in [-0.2, 0) is 4.74 Å². The fraction of sp³-hybridized carbons (Fsp3) is 0.700. The van der Waals surface area contributed by atoms with E-state index in [-0.39, 0.29) is 12.6 Å². The van der Waals surface area contributed by atoms with E-state index in [0.29, 0.717) is 19.8 Å². The number of aliphatic hydroxyl groups excluding tert-OH is 1. The van der Waals surface area contributed by atoms with Gasteiger partial charge in [-0.15, -0.1) is 0 Å². The summed E-state index contributed by atoms with van der Waals surface area (Å²) in [7, 11) is 0. The summed E-state index contributed by atoms with van der Waals surface area (Å²) in [5.74, 6) is 0. The van der Waals surface area contributed by atoms with Crippen LogP contribution in [-0.4, -0.2) is 43.5 Å². The number of ether oxygens (including phenoxy) is 1. The van der Waals surface area contributed by atoms with Crippen LogP contribution in [0.25, 0.3) is 0 Å². The van der Waals surface area contributed by atoms with Crippen LogP contribution in [0.4, 0.5) is 4.79 Å². The number of aliphatic hydroxyl groups is 1. The zero-order valence-corrected chi connectivity index (χ0v) is 9.38. The minimum Gasteiger partial charge on any atom is -0.392 e. The van der Waals surface area contributed by atoms with Crippen LogP contribution < -0.4 is 10.6 Å². The van der Waals surface area contributed by atoms with Gasteiger partial charge in [-0.2, -0.15) is 0 Å². The summed E-state index contributed by atoms with van der Waals surface area (Å²) in [5, 5.41) is 14.0. The van der Waals surface area contributed by atoms with Crippen molar-refractivity contribution in [3.05, 3.63) is 12.2 Å². The SMILES string of the molecule is C=C(C)COCCNC(=O)NC[C@@H](C)O. The van der Waals surface area contributed by atoms with Gasteiger partial charge >= 0.3 is 6.03 Å². The smallest absolute Gasteiger partial charge is 0.314 e. The van der Waals surface area contributed by atoms with E-state index in [2.05, 4.69) is 17.2 Å². The molecule has 0 bridgehead atoms. The van der Waals surface area contributed by atoms with E-state index in [4.69, 9.17) is 9.84 Å². The van der Waals surface area contributed by atoms with Crippen LogP contribution in [0.5, 0.6) is 0 Å². The minimum absolute atomic E-state index is 0.248. The van der Waals surface area contributed by atoms with Gasteiger partial charge in [-0.05, 0) is 13.8 Å². The Balaban J connectivity index is 3.28. The van der Waals surface area contributed by atoms with Gasteiger partial charge in [0.2, 0.25) is 0 Å². The van der Waals surface area contributed by atoms with Gasteiger partial charge in [-0.3, -0.25) is 0 Å². The zero-order valence-electron chi connectivity index (χ0n) is 9.38. The summed E-state index contributed by atoms with van der Waals surface area (Å²) in [5.41, 5.74) is 0.952. The maximum atomic E-state index is 11.0. The van der Waals surface area contributed by atoms with Crippen molar-refractivity contribution in [3.8, 4) is 0 Å². The van der Waals surface area contributed by atoms with Gasteiger partial charge in [0.25, 0.3) is 0 Å². The van der Waals surface area contributed by atoms with E-state index in [1.54, 1.807) is 6.92 Å². The first-order valence-corrected chi connectivity index (χ1v) is 4.94. The van der Waals surface area contributed by atoms with Crippen molar-refractivity contribution in [2.24, 2.45) is 0 Å². The molecule has 5 heteroatoms. The molecule has 15 heavy (non-hydrogen) atoms. The molecular weight excluding hydrogens is 196 g/mol. The fourth-order valence-corrected chi connectivity index (χ4v) is 0.786. The lowest BCUT2D eigenvalue weighted by atomic mass is 10.4. The topological polar surface area (TPSA) is 70.6 Å². The van der Waals surface area contributed by atoms with Gasteiger partial charge in [0.05, 0.1) is 19.3 Å². The van der Waals surface area contributed by atoms with Crippen molar-refractivity contribution < 1.29 is 14.6 Å². The molecule has 88 valence electrons. The average molecular weight is 216 g/mol. The number of amides is 2. The lowest BCUT2D eigenvalue weighted by molar-refractivity contribution is 0.156. The Labute approximate surface area is 90.5 Å². The molecule has 5 nitrogen and oxygen atoms in total. The highest BCUT2D eigenvalue weighted by molar-refractivity contribution is 5.73. The molecule has 0 aliphatic rings. The number of hydrogen-bond acceptors (Lipinski definition) is 3. The van der Waals surface area contributed by atoms with E-state index in [1.807, 2.05) is 6.92 Å². The lowest BCUT2D eigenvalue weighted by Crippen LogP contribution is -2.40. The Hall–Kier alpha value is -1.07. The maximum Gasteiger partial charge on any atom is 0.314 e. The van der Waals surface area contributed by atoms with E-state index >= 15 is 0 Å². The Kier molecular flexibility index (Phi) is 7.67. The van der Waals surface area contributed by atoms with Crippen molar-refractivity contribution in [2.45, 2.75) is 20.0 Å². The molecule has 1 atom stereocenters. The summed E-state index contributed by atoms with van der Waals surface area (Å²) < 4.78 is 5.18. The second-order valence-corrected chi connectivity index (χ2v) is 3.50. The van der Waals surface area contributed by atoms with Gasteiger partial charge in [0.1, 0.15) is 0 Å². The van der Waals surface area contributed by atoms with Crippen LogP contribution in [0, 0.1) is 0 Å². The molecular formula is C10H20N2O3. The molecule has 0 aromatic carbocycles. The maximum absolute atomic E-state index is 11.0. The number of carbonyl (C=O) groups is 1. The number of hydrogen-bond donors (Lipinski definition) is 3. The third-order valence-electron chi connectivity index (χ3n) is 1.44. The average Bonchev–Trinajstić information content (AvgIpc) is 2.13. The normalized spacial score (nSPS) is 11.9. The van der Waals surface area contributed by atoms with Crippen LogP contribution in [0.3, 0.4) is 0 Å². The van der Waals surface area contributed by atoms with Gasteiger partial charge in [-0.25, -0.2) is 4.79 Å². The molecule has 0 aliphatic heterocycles. The highest BCUT2D eigenvalue weighted by Gasteiger charge is 2.00. The number of rotatable bonds is 7. The van der Waals surface area contributed by atoms with Gasteiger partial charge in [0, 0.05) is 13.1 Å². The molecule has 0 aromatic heterocycles. The van der Waals surface area contributed by atoms with Crippen LogP contribution >= 0.6 is 0 Å². The zero-order chi connectivity index (χ0) is 11.7. The minimum atomic E-state index is -0.532. The molecule has 0 unspecified atom stereocenters. The number of carbonyl (C=O) groups excluding carboxylic acids is 1. The molecule has 0 rings (SSSR count). The number of nitrogens with one attached hydrogen (secondary N) is 2. The first kappa shape index (κ1) is 13.9. The molecule has 0 fully saturated rings. The van der Waals surface area contributed by atoms with Crippen molar-refractivity contribution in [1.29, 1.82) is 0 Å². The second kappa shape index (κ2) is 8.26. The molecule has 2 amide bonds. The van der Waals surface area contributed by atoms with Gasteiger partial charge in [-0.1, -0.05) is 12.2 Å². The third-order valence-corrected chi connectivity index (χ3v) is 1.44. The fourth-order valence-electron chi connectivity index (χ4n) is 0.786. The molecule has 3 N–H and O–H groups in total. The summed E-state index contributed by atoms with van der Waals surface area (Å²) >= 11 is 0. The summed E-state index contributed by atoms with van der Waals surface area (Å²) in [6.45, 7) is 8.83. The van der Waals surface area contributed by atoms with E-state index in [0.717, 1.165) is 5.57 Å². The van der Waals surface area contributed by atoms with Crippen LogP contribution in [0.15, 0.2) is 12.2 Å². The Morgan fingerprint density at radius 2 is 2.20 bits per heavy atom. The van der Waals surface area contributed by atoms with Crippen LogP contribution in [0.1, 0.15) is 13.8 Å². The first-order valence-electron chi connectivity index (χ1n) is 4.94.